The van der Waals surface area contributed by atoms with Crippen molar-refractivity contribution in [3.05, 3.63) is 29.6 Å². The van der Waals surface area contributed by atoms with Gasteiger partial charge in [-0.3, -0.25) is 0 Å². The van der Waals surface area contributed by atoms with Crippen LogP contribution in [0.1, 0.15) is 37.9 Å². The van der Waals surface area contributed by atoms with Crippen LogP contribution >= 0.6 is 0 Å². The molecule has 1 aliphatic heterocycles. The average molecular weight is 253 g/mol. The summed E-state index contributed by atoms with van der Waals surface area (Å²) >= 11 is 0. The molecule has 1 fully saturated rings. The van der Waals surface area contributed by atoms with Gasteiger partial charge < -0.3 is 15.1 Å². The molecule has 0 aromatic heterocycles. The zero-order valence-electron chi connectivity index (χ0n) is 10.6. The third kappa shape index (κ3) is 2.65. The lowest BCUT2D eigenvalue weighted by molar-refractivity contribution is 0.197. The Labute approximate surface area is 107 Å². The minimum atomic E-state index is -0.711. The van der Waals surface area contributed by atoms with Gasteiger partial charge in [0.2, 0.25) is 0 Å². The zero-order chi connectivity index (χ0) is 13.1. The maximum absolute atomic E-state index is 13.3. The first-order valence-corrected chi connectivity index (χ1v) is 6.48. The molecule has 0 bridgehead atoms. The van der Waals surface area contributed by atoms with E-state index in [0.717, 1.165) is 31.5 Å². The molecule has 2 N–H and O–H groups in total. The lowest BCUT2D eigenvalue weighted by atomic mass is 9.99. The fourth-order valence-corrected chi connectivity index (χ4v) is 2.63. The SMILES string of the molecule is CC(O)c1cc(F)ccc1N1CCCCC1CO. The van der Waals surface area contributed by atoms with Gasteiger partial charge in [-0.25, -0.2) is 4.39 Å². The summed E-state index contributed by atoms with van der Waals surface area (Å²) in [5.74, 6) is -0.341. The molecule has 0 saturated carbocycles. The first-order chi connectivity index (χ1) is 8.63. The highest BCUT2D eigenvalue weighted by atomic mass is 19.1. The van der Waals surface area contributed by atoms with Crippen molar-refractivity contribution < 1.29 is 14.6 Å². The molecule has 2 rings (SSSR count). The molecular weight excluding hydrogens is 233 g/mol. The Bertz CT molecular complexity index is 409. The third-order valence-corrected chi connectivity index (χ3v) is 3.59. The van der Waals surface area contributed by atoms with Crippen LogP contribution in [0, 0.1) is 5.82 Å². The maximum atomic E-state index is 13.3. The van der Waals surface area contributed by atoms with Crippen molar-refractivity contribution in [2.75, 3.05) is 18.1 Å². The van der Waals surface area contributed by atoms with E-state index in [1.165, 1.54) is 12.1 Å². The Morgan fingerprint density at radius 1 is 1.44 bits per heavy atom. The number of aliphatic hydroxyl groups is 2. The smallest absolute Gasteiger partial charge is 0.123 e. The summed E-state index contributed by atoms with van der Waals surface area (Å²) in [5, 5.41) is 19.2. The van der Waals surface area contributed by atoms with Gasteiger partial charge in [-0.05, 0) is 44.4 Å². The molecule has 0 aliphatic carbocycles. The van der Waals surface area contributed by atoms with E-state index < -0.39 is 6.10 Å². The summed E-state index contributed by atoms with van der Waals surface area (Å²) in [5.41, 5.74) is 1.43. The number of hydrogen-bond donors (Lipinski definition) is 2. The molecule has 1 heterocycles. The highest BCUT2D eigenvalue weighted by molar-refractivity contribution is 5.56. The molecule has 1 aliphatic rings. The summed E-state index contributed by atoms with van der Waals surface area (Å²) in [4.78, 5) is 2.09. The summed E-state index contributed by atoms with van der Waals surface area (Å²) in [6, 6.07) is 4.56. The molecule has 3 nitrogen and oxygen atoms in total. The Morgan fingerprint density at radius 3 is 2.89 bits per heavy atom. The number of halogens is 1. The van der Waals surface area contributed by atoms with Gasteiger partial charge in [0.25, 0.3) is 0 Å². The van der Waals surface area contributed by atoms with Crippen LogP contribution in [0.25, 0.3) is 0 Å². The number of nitrogens with zero attached hydrogens (tertiary/aromatic N) is 1. The number of hydrogen-bond acceptors (Lipinski definition) is 3. The summed E-state index contributed by atoms with van der Waals surface area (Å²) < 4.78 is 13.3. The Hall–Kier alpha value is -1.13. The molecule has 18 heavy (non-hydrogen) atoms. The van der Waals surface area contributed by atoms with Crippen LogP contribution in [-0.2, 0) is 0 Å². The van der Waals surface area contributed by atoms with E-state index in [2.05, 4.69) is 4.90 Å². The quantitative estimate of drug-likeness (QED) is 0.868. The van der Waals surface area contributed by atoms with Crippen LogP contribution < -0.4 is 4.90 Å². The van der Waals surface area contributed by atoms with Gasteiger partial charge in [-0.2, -0.15) is 0 Å². The molecular formula is C14H20FNO2. The van der Waals surface area contributed by atoms with Crippen molar-refractivity contribution in [3.63, 3.8) is 0 Å². The van der Waals surface area contributed by atoms with Gasteiger partial charge >= 0.3 is 0 Å². The number of piperidine rings is 1. The first-order valence-electron chi connectivity index (χ1n) is 6.48. The second-order valence-electron chi connectivity index (χ2n) is 4.90. The van der Waals surface area contributed by atoms with Gasteiger partial charge in [0.1, 0.15) is 5.82 Å². The Balaban J connectivity index is 2.36. The van der Waals surface area contributed by atoms with Crippen molar-refractivity contribution in [2.45, 2.75) is 38.3 Å². The minimum absolute atomic E-state index is 0.0710. The Kier molecular flexibility index (Phi) is 4.19. The van der Waals surface area contributed by atoms with E-state index in [0.29, 0.717) is 5.56 Å². The lowest BCUT2D eigenvalue weighted by Crippen LogP contribution is -2.42. The monoisotopic (exact) mass is 253 g/mol. The normalized spacial score (nSPS) is 22.0. The highest BCUT2D eigenvalue weighted by Gasteiger charge is 2.24. The maximum Gasteiger partial charge on any atom is 0.123 e. The first kappa shape index (κ1) is 13.3. The number of rotatable bonds is 3. The summed E-state index contributed by atoms with van der Waals surface area (Å²) in [6.45, 7) is 2.57. The van der Waals surface area contributed by atoms with Crippen LogP contribution in [0.2, 0.25) is 0 Å². The van der Waals surface area contributed by atoms with Crippen molar-refractivity contribution in [1.82, 2.24) is 0 Å². The van der Waals surface area contributed by atoms with Crippen LogP contribution in [-0.4, -0.2) is 29.4 Å². The van der Waals surface area contributed by atoms with Crippen LogP contribution in [0.5, 0.6) is 0 Å². The van der Waals surface area contributed by atoms with E-state index in [1.54, 1.807) is 13.0 Å². The largest absolute Gasteiger partial charge is 0.394 e. The number of aliphatic hydroxyl groups excluding tert-OH is 2. The molecule has 1 aromatic rings. The van der Waals surface area contributed by atoms with Crippen molar-refractivity contribution in [3.8, 4) is 0 Å². The number of anilines is 1. The van der Waals surface area contributed by atoms with Crippen molar-refractivity contribution >= 4 is 5.69 Å². The highest BCUT2D eigenvalue weighted by Crippen LogP contribution is 2.31. The molecule has 0 amide bonds. The zero-order valence-corrected chi connectivity index (χ0v) is 10.6. The molecule has 2 unspecified atom stereocenters. The minimum Gasteiger partial charge on any atom is -0.394 e. The molecule has 0 spiro atoms. The second-order valence-corrected chi connectivity index (χ2v) is 4.90. The van der Waals surface area contributed by atoms with E-state index in [9.17, 15) is 14.6 Å². The molecule has 0 radical (unpaired) electrons. The van der Waals surface area contributed by atoms with Gasteiger partial charge in [0.05, 0.1) is 18.8 Å². The molecule has 1 aromatic carbocycles. The van der Waals surface area contributed by atoms with Gasteiger partial charge in [0.15, 0.2) is 0 Å². The standard InChI is InChI=1S/C14H20FNO2/c1-10(18)13-8-11(15)5-6-14(13)16-7-3-2-4-12(16)9-17/h5-6,8,10,12,17-18H,2-4,7,9H2,1H3. The van der Waals surface area contributed by atoms with Crippen LogP contribution in [0.15, 0.2) is 18.2 Å². The predicted molar refractivity (Wildman–Crippen MR) is 69.1 cm³/mol. The molecule has 4 heteroatoms. The van der Waals surface area contributed by atoms with E-state index in [1.807, 2.05) is 0 Å². The summed E-state index contributed by atoms with van der Waals surface area (Å²) in [7, 11) is 0. The molecule has 100 valence electrons. The third-order valence-electron chi connectivity index (χ3n) is 3.59. The topological polar surface area (TPSA) is 43.7 Å². The lowest BCUT2D eigenvalue weighted by Gasteiger charge is -2.38. The Morgan fingerprint density at radius 2 is 2.22 bits per heavy atom. The molecule has 1 saturated heterocycles. The van der Waals surface area contributed by atoms with Crippen molar-refractivity contribution in [1.29, 1.82) is 0 Å². The van der Waals surface area contributed by atoms with Gasteiger partial charge in [-0.1, -0.05) is 0 Å². The number of benzene rings is 1. The second kappa shape index (κ2) is 5.67. The van der Waals surface area contributed by atoms with Crippen LogP contribution in [0.3, 0.4) is 0 Å². The summed E-state index contributed by atoms with van der Waals surface area (Å²) in [6.07, 6.45) is 2.39. The average Bonchev–Trinajstić information content (AvgIpc) is 2.38. The van der Waals surface area contributed by atoms with Crippen molar-refractivity contribution in [2.24, 2.45) is 0 Å². The fourth-order valence-electron chi connectivity index (χ4n) is 2.63. The van der Waals surface area contributed by atoms with E-state index >= 15 is 0 Å². The van der Waals surface area contributed by atoms with E-state index in [4.69, 9.17) is 0 Å². The predicted octanol–water partition coefficient (Wildman–Crippen LogP) is 2.23. The van der Waals surface area contributed by atoms with Gasteiger partial charge in [-0.15, -0.1) is 0 Å². The van der Waals surface area contributed by atoms with Crippen LogP contribution in [0.4, 0.5) is 10.1 Å². The fraction of sp³-hybridized carbons (Fsp3) is 0.571. The van der Waals surface area contributed by atoms with E-state index in [-0.39, 0.29) is 18.5 Å². The van der Waals surface area contributed by atoms with Gasteiger partial charge in [0, 0.05) is 17.8 Å². The molecule has 2 atom stereocenters.